The number of hydrogen-bond acceptors (Lipinski definition) is 3. The van der Waals surface area contributed by atoms with Crippen LogP contribution < -0.4 is 5.56 Å². The average Bonchev–Trinajstić information content (AvgIpc) is 2.72. The molecule has 4 heteroatoms. The first kappa shape index (κ1) is 13.0. The predicted octanol–water partition coefficient (Wildman–Crippen LogP) is 3.03. The lowest BCUT2D eigenvalue weighted by atomic mass is 9.93. The highest BCUT2D eigenvalue weighted by Crippen LogP contribution is 2.24. The third kappa shape index (κ3) is 2.88. The number of rotatable bonds is 2. The van der Waals surface area contributed by atoms with Gasteiger partial charge in [0.15, 0.2) is 0 Å². The highest BCUT2D eigenvalue weighted by atomic mass is 32.1. The first-order chi connectivity index (χ1) is 8.36. The molecule has 0 aliphatic heterocycles. The predicted molar refractivity (Wildman–Crippen MR) is 75.4 cm³/mol. The fraction of sp³-hybridized carbons (Fsp3) is 0.429. The van der Waals surface area contributed by atoms with E-state index in [4.69, 9.17) is 0 Å². The molecule has 0 atom stereocenters. The van der Waals surface area contributed by atoms with Gasteiger partial charge >= 0.3 is 0 Å². The number of nitrogens with one attached hydrogen (secondary N) is 1. The molecular formula is C14H18N2OS. The second kappa shape index (κ2) is 4.69. The van der Waals surface area contributed by atoms with Crippen molar-refractivity contribution in [3.63, 3.8) is 0 Å². The maximum atomic E-state index is 11.3. The Morgan fingerprint density at radius 2 is 2.11 bits per heavy atom. The topological polar surface area (TPSA) is 45.8 Å². The van der Waals surface area contributed by atoms with E-state index in [2.05, 4.69) is 36.1 Å². The molecule has 0 saturated heterocycles. The minimum Gasteiger partial charge on any atom is -0.329 e. The zero-order chi connectivity index (χ0) is 13.3. The van der Waals surface area contributed by atoms with E-state index in [9.17, 15) is 4.79 Å². The van der Waals surface area contributed by atoms with E-state index in [1.54, 1.807) is 17.5 Å². The van der Waals surface area contributed by atoms with E-state index in [0.717, 1.165) is 28.2 Å². The van der Waals surface area contributed by atoms with Crippen LogP contribution in [0.2, 0.25) is 0 Å². The maximum absolute atomic E-state index is 11.3. The molecule has 3 nitrogen and oxygen atoms in total. The molecule has 0 unspecified atom stereocenters. The highest BCUT2D eigenvalue weighted by Gasteiger charge is 2.17. The van der Waals surface area contributed by atoms with E-state index in [-0.39, 0.29) is 11.0 Å². The molecule has 2 aromatic rings. The Balaban J connectivity index is 2.21. The van der Waals surface area contributed by atoms with Gasteiger partial charge in [-0.05, 0) is 18.6 Å². The molecule has 0 aliphatic carbocycles. The normalized spacial score (nSPS) is 11.8. The number of aromatic amines is 1. The average molecular weight is 262 g/mol. The summed E-state index contributed by atoms with van der Waals surface area (Å²) in [4.78, 5) is 18.7. The van der Waals surface area contributed by atoms with Crippen molar-refractivity contribution in [3.05, 3.63) is 49.8 Å². The molecule has 0 aromatic carbocycles. The largest absolute Gasteiger partial charge is 0.329 e. The van der Waals surface area contributed by atoms with Crippen LogP contribution in [0.15, 0.2) is 22.4 Å². The Labute approximate surface area is 111 Å². The molecule has 2 aromatic heterocycles. The number of aryl methyl sites for hydroxylation is 1. The Kier molecular flexibility index (Phi) is 3.39. The number of nitrogens with zero attached hydrogens (tertiary/aromatic N) is 1. The van der Waals surface area contributed by atoms with Crippen LogP contribution in [0.1, 0.15) is 42.6 Å². The van der Waals surface area contributed by atoms with Crippen molar-refractivity contribution < 1.29 is 0 Å². The van der Waals surface area contributed by atoms with Gasteiger partial charge in [-0.15, -0.1) is 11.3 Å². The molecule has 0 fully saturated rings. The van der Waals surface area contributed by atoms with Gasteiger partial charge < -0.3 is 4.98 Å². The number of aromatic nitrogens is 2. The van der Waals surface area contributed by atoms with Crippen molar-refractivity contribution in [1.29, 1.82) is 0 Å². The summed E-state index contributed by atoms with van der Waals surface area (Å²) in [6, 6.07) is 1.93. The van der Waals surface area contributed by atoms with E-state index < -0.39 is 0 Å². The van der Waals surface area contributed by atoms with E-state index >= 15 is 0 Å². The van der Waals surface area contributed by atoms with Gasteiger partial charge in [0, 0.05) is 29.0 Å². The number of hydrogen-bond donors (Lipinski definition) is 1. The first-order valence-electron chi connectivity index (χ1n) is 5.99. The van der Waals surface area contributed by atoms with Gasteiger partial charge in [-0.25, -0.2) is 4.98 Å². The molecule has 0 aliphatic rings. The van der Waals surface area contributed by atoms with Gasteiger partial charge in [-0.3, -0.25) is 4.79 Å². The monoisotopic (exact) mass is 262 g/mol. The fourth-order valence-electron chi connectivity index (χ4n) is 1.67. The van der Waals surface area contributed by atoms with Gasteiger partial charge in [0.1, 0.15) is 0 Å². The zero-order valence-corrected chi connectivity index (χ0v) is 12.0. The summed E-state index contributed by atoms with van der Waals surface area (Å²) >= 11 is 1.68. The Morgan fingerprint density at radius 3 is 2.67 bits per heavy atom. The van der Waals surface area contributed by atoms with Crippen molar-refractivity contribution >= 4 is 11.3 Å². The van der Waals surface area contributed by atoms with E-state index in [1.807, 2.05) is 13.0 Å². The lowest BCUT2D eigenvalue weighted by Gasteiger charge is -2.14. The summed E-state index contributed by atoms with van der Waals surface area (Å²) in [7, 11) is 0. The molecule has 0 spiro atoms. The number of pyridine rings is 1. The molecule has 96 valence electrons. The third-order valence-electron chi connectivity index (χ3n) is 2.82. The minimum atomic E-state index is -0.0201. The third-order valence-corrected chi connectivity index (χ3v) is 3.67. The Morgan fingerprint density at radius 1 is 1.39 bits per heavy atom. The summed E-state index contributed by atoms with van der Waals surface area (Å²) in [6.07, 6.45) is 2.55. The van der Waals surface area contributed by atoms with Gasteiger partial charge in [0.2, 0.25) is 0 Å². The molecular weight excluding hydrogens is 244 g/mol. The second-order valence-electron chi connectivity index (χ2n) is 5.57. The van der Waals surface area contributed by atoms with Gasteiger partial charge in [-0.2, -0.15) is 0 Å². The van der Waals surface area contributed by atoms with Gasteiger partial charge in [-0.1, -0.05) is 20.8 Å². The van der Waals surface area contributed by atoms with Crippen LogP contribution in [0, 0.1) is 6.92 Å². The molecule has 0 bridgehead atoms. The van der Waals surface area contributed by atoms with Crippen LogP contribution >= 0.6 is 11.3 Å². The van der Waals surface area contributed by atoms with Crippen molar-refractivity contribution in [2.75, 3.05) is 0 Å². The zero-order valence-electron chi connectivity index (χ0n) is 11.2. The summed E-state index contributed by atoms with van der Waals surface area (Å²) in [6.45, 7) is 8.31. The molecule has 18 heavy (non-hydrogen) atoms. The van der Waals surface area contributed by atoms with Crippen molar-refractivity contribution in [2.45, 2.75) is 39.5 Å². The maximum Gasteiger partial charge on any atom is 0.250 e. The lowest BCUT2D eigenvalue weighted by molar-refractivity contribution is 0.571. The van der Waals surface area contributed by atoms with Crippen LogP contribution in [0.5, 0.6) is 0 Å². The number of thiazole rings is 1. The van der Waals surface area contributed by atoms with Crippen LogP contribution in [0.25, 0.3) is 0 Å². The second-order valence-corrected chi connectivity index (χ2v) is 6.52. The first-order valence-corrected chi connectivity index (χ1v) is 6.87. The standard InChI is InChI=1S/C14H18N2OS/c1-9-5-10(7-15-13(9)17)6-12-16-11(8-18-12)14(2,3)4/h5,7-8H,6H2,1-4H3,(H,15,17). The van der Waals surface area contributed by atoms with Crippen molar-refractivity contribution in [1.82, 2.24) is 9.97 Å². The molecule has 2 rings (SSSR count). The molecule has 0 amide bonds. The van der Waals surface area contributed by atoms with Crippen LogP contribution in [-0.4, -0.2) is 9.97 Å². The van der Waals surface area contributed by atoms with Crippen LogP contribution in [-0.2, 0) is 11.8 Å². The van der Waals surface area contributed by atoms with Crippen molar-refractivity contribution in [3.8, 4) is 0 Å². The van der Waals surface area contributed by atoms with Crippen molar-refractivity contribution in [2.24, 2.45) is 0 Å². The Hall–Kier alpha value is -1.42. The summed E-state index contributed by atoms with van der Waals surface area (Å²) in [5.41, 5.74) is 3.05. The molecule has 1 N–H and O–H groups in total. The fourth-order valence-corrected chi connectivity index (χ4v) is 2.73. The van der Waals surface area contributed by atoms with Crippen LogP contribution in [0.4, 0.5) is 0 Å². The smallest absolute Gasteiger partial charge is 0.250 e. The summed E-state index contributed by atoms with van der Waals surface area (Å²) in [5.74, 6) is 0. The highest BCUT2D eigenvalue weighted by molar-refractivity contribution is 7.09. The van der Waals surface area contributed by atoms with Crippen LogP contribution in [0.3, 0.4) is 0 Å². The Bertz CT molecular complexity index is 605. The number of H-pyrrole nitrogens is 1. The molecule has 2 heterocycles. The molecule has 0 saturated carbocycles. The summed E-state index contributed by atoms with van der Waals surface area (Å²) in [5, 5.41) is 3.21. The molecule has 0 radical (unpaired) electrons. The lowest BCUT2D eigenvalue weighted by Crippen LogP contribution is -2.12. The van der Waals surface area contributed by atoms with Gasteiger partial charge in [0.05, 0.1) is 10.7 Å². The minimum absolute atomic E-state index is 0.0201. The quantitative estimate of drug-likeness (QED) is 0.904. The summed E-state index contributed by atoms with van der Waals surface area (Å²) < 4.78 is 0. The SMILES string of the molecule is Cc1cc(Cc2nc(C(C)(C)C)cs2)c[nH]c1=O. The van der Waals surface area contributed by atoms with E-state index in [0.29, 0.717) is 0 Å². The van der Waals surface area contributed by atoms with Gasteiger partial charge in [0.25, 0.3) is 5.56 Å². The van der Waals surface area contributed by atoms with E-state index in [1.165, 1.54) is 0 Å².